The summed E-state index contributed by atoms with van der Waals surface area (Å²) in [6, 6.07) is 88.6. The predicted molar refractivity (Wildman–Crippen MR) is 289 cm³/mol. The highest BCUT2D eigenvalue weighted by Gasteiger charge is 2.50. The molecule has 1 aliphatic carbocycles. The van der Waals surface area contributed by atoms with Gasteiger partial charge in [-0.1, -0.05) is 212 Å². The van der Waals surface area contributed by atoms with Crippen molar-refractivity contribution in [1.29, 1.82) is 0 Å². The summed E-state index contributed by atoms with van der Waals surface area (Å²) in [7, 11) is 0. The van der Waals surface area contributed by atoms with E-state index >= 15 is 0 Å². The molecule has 0 saturated heterocycles. The average molecular weight is 913 g/mol. The van der Waals surface area contributed by atoms with Crippen molar-refractivity contribution in [1.82, 2.24) is 9.97 Å². The van der Waals surface area contributed by atoms with Gasteiger partial charge in [-0.2, -0.15) is 0 Å². The summed E-state index contributed by atoms with van der Waals surface area (Å²) in [4.78, 5) is 13.3. The third-order valence-electron chi connectivity index (χ3n) is 14.2. The van der Waals surface area contributed by atoms with Gasteiger partial charge >= 0.3 is 0 Å². The van der Waals surface area contributed by atoms with E-state index in [1.54, 1.807) is 0 Å². The largest absolute Gasteiger partial charge is 0.228 e. The van der Waals surface area contributed by atoms with Crippen molar-refractivity contribution in [2.45, 2.75) is 15.2 Å². The van der Waals surface area contributed by atoms with E-state index in [4.69, 9.17) is 9.97 Å². The molecule has 0 atom stereocenters. The number of fused-ring (bicyclic) bond motifs is 12. The van der Waals surface area contributed by atoms with Crippen LogP contribution >= 0.6 is 23.1 Å². The molecule has 69 heavy (non-hydrogen) atoms. The van der Waals surface area contributed by atoms with E-state index in [0.29, 0.717) is 5.82 Å². The summed E-state index contributed by atoms with van der Waals surface area (Å²) in [5.74, 6) is 0.691. The molecule has 1 spiro atoms. The molecule has 1 aliphatic heterocycles. The van der Waals surface area contributed by atoms with Gasteiger partial charge in [0.1, 0.15) is 0 Å². The fraction of sp³-hybridized carbons (Fsp3) is 0.0154. The van der Waals surface area contributed by atoms with Crippen molar-refractivity contribution in [3.8, 4) is 78.4 Å². The van der Waals surface area contributed by atoms with Crippen molar-refractivity contribution >= 4 is 43.3 Å². The number of aromatic nitrogens is 2. The summed E-state index contributed by atoms with van der Waals surface area (Å²) >= 11 is 3.74. The van der Waals surface area contributed by atoms with Crippen LogP contribution in [0.3, 0.4) is 0 Å². The zero-order valence-electron chi connectivity index (χ0n) is 37.3. The Morgan fingerprint density at radius 3 is 1.62 bits per heavy atom. The Bertz CT molecular complexity index is 3940. The predicted octanol–water partition coefficient (Wildman–Crippen LogP) is 17.7. The standard InChI is InChI=1S/C65H40N2S2/c1-3-16-42(17-4-1)48-23-15-29-62-63(48)52-38-46(35-37-59(52)68-62)47-20-7-8-22-51(47)58-40-57(43-18-5-2-6-19-43)66-64(67-58)44-32-30-41(31-33-44)45-34-36-50-49-21-9-10-24-53(49)65(56(50)39-45)54-25-11-13-27-60(54)69-61-28-14-12-26-55(61)65/h1-40H. The number of nitrogens with zero attached hydrogens (tertiary/aromatic N) is 2. The molecule has 2 aliphatic rings. The summed E-state index contributed by atoms with van der Waals surface area (Å²) in [6.45, 7) is 0. The SMILES string of the molecule is c1ccc(-c2cc(-c3ccccc3-c3ccc4sc5cccc(-c6ccccc6)c5c4c3)nc(-c3ccc(-c4ccc5c(c4)C4(c6ccccc6Sc6ccccc64)c4ccccc4-5)cc3)n2)cc1. The topological polar surface area (TPSA) is 25.8 Å². The second-order valence-electron chi connectivity index (χ2n) is 18.0. The van der Waals surface area contributed by atoms with Gasteiger partial charge in [0.05, 0.1) is 16.8 Å². The Labute approximate surface area is 409 Å². The molecule has 0 amide bonds. The molecule has 0 bridgehead atoms. The lowest BCUT2D eigenvalue weighted by molar-refractivity contribution is 0.722. The minimum atomic E-state index is -0.424. The lowest BCUT2D eigenvalue weighted by Crippen LogP contribution is -2.31. The van der Waals surface area contributed by atoms with E-state index in [1.165, 1.54) is 80.0 Å². The zero-order valence-corrected chi connectivity index (χ0v) is 38.9. The lowest BCUT2D eigenvalue weighted by Gasteiger charge is -2.39. The van der Waals surface area contributed by atoms with Crippen LogP contribution in [-0.4, -0.2) is 9.97 Å². The summed E-state index contributed by atoms with van der Waals surface area (Å²) in [5, 5.41) is 2.57. The number of hydrogen-bond acceptors (Lipinski definition) is 4. The number of thiophene rings is 1. The maximum Gasteiger partial charge on any atom is 0.160 e. The second-order valence-corrected chi connectivity index (χ2v) is 20.1. The maximum absolute atomic E-state index is 5.40. The van der Waals surface area contributed by atoms with Gasteiger partial charge in [0.25, 0.3) is 0 Å². The maximum atomic E-state index is 5.40. The Hall–Kier alpha value is -8.15. The molecule has 2 aromatic heterocycles. The highest BCUT2D eigenvalue weighted by molar-refractivity contribution is 7.99. The zero-order chi connectivity index (χ0) is 45.5. The van der Waals surface area contributed by atoms with E-state index in [2.05, 4.69) is 243 Å². The molecule has 0 N–H and O–H groups in total. The third-order valence-corrected chi connectivity index (χ3v) is 16.5. The molecule has 12 aromatic rings. The molecule has 10 aromatic carbocycles. The highest BCUT2D eigenvalue weighted by atomic mass is 32.2. The molecule has 4 heteroatoms. The smallest absolute Gasteiger partial charge is 0.160 e. The van der Waals surface area contributed by atoms with Crippen LogP contribution in [0.25, 0.3) is 98.6 Å². The lowest BCUT2D eigenvalue weighted by atomic mass is 9.67. The highest BCUT2D eigenvalue weighted by Crippen LogP contribution is 2.62. The van der Waals surface area contributed by atoms with E-state index in [1.807, 2.05) is 23.1 Å². The Balaban J connectivity index is 0.881. The summed E-state index contributed by atoms with van der Waals surface area (Å²) in [6.07, 6.45) is 0. The van der Waals surface area contributed by atoms with Crippen LogP contribution in [0.2, 0.25) is 0 Å². The minimum Gasteiger partial charge on any atom is -0.228 e. The average Bonchev–Trinajstić information content (AvgIpc) is 3.95. The van der Waals surface area contributed by atoms with Gasteiger partial charge in [-0.25, -0.2) is 9.97 Å². The van der Waals surface area contributed by atoms with Gasteiger partial charge in [-0.15, -0.1) is 11.3 Å². The third kappa shape index (κ3) is 6.33. The normalized spacial score (nSPS) is 13.0. The minimum absolute atomic E-state index is 0.424. The number of hydrogen-bond donors (Lipinski definition) is 0. The van der Waals surface area contributed by atoms with Crippen LogP contribution in [-0.2, 0) is 5.41 Å². The van der Waals surface area contributed by atoms with Gasteiger partial charge < -0.3 is 0 Å². The molecule has 0 fully saturated rings. The van der Waals surface area contributed by atoms with E-state index in [9.17, 15) is 0 Å². The number of rotatable bonds is 6. The van der Waals surface area contributed by atoms with Gasteiger partial charge in [0.2, 0.25) is 0 Å². The second kappa shape index (κ2) is 16.0. The van der Waals surface area contributed by atoms with Gasteiger partial charge in [0, 0.05) is 46.7 Å². The molecule has 0 unspecified atom stereocenters. The molecular weight excluding hydrogens is 873 g/mol. The monoisotopic (exact) mass is 912 g/mol. The first-order valence-corrected chi connectivity index (χ1v) is 25.1. The van der Waals surface area contributed by atoms with Crippen LogP contribution in [0.1, 0.15) is 22.3 Å². The van der Waals surface area contributed by atoms with E-state index < -0.39 is 5.41 Å². The van der Waals surface area contributed by atoms with Crippen LogP contribution in [0, 0.1) is 0 Å². The molecular formula is C65H40N2S2. The van der Waals surface area contributed by atoms with Crippen LogP contribution in [0.5, 0.6) is 0 Å². The molecule has 0 saturated carbocycles. The molecule has 2 nitrogen and oxygen atoms in total. The quantitative estimate of drug-likeness (QED) is 0.166. The van der Waals surface area contributed by atoms with Gasteiger partial charge in [-0.3, -0.25) is 0 Å². The van der Waals surface area contributed by atoms with Crippen molar-refractivity contribution in [3.05, 3.63) is 265 Å². The van der Waals surface area contributed by atoms with Gasteiger partial charge in [-0.05, 0) is 109 Å². The first kappa shape index (κ1) is 40.0. The fourth-order valence-electron chi connectivity index (χ4n) is 11.1. The first-order chi connectivity index (χ1) is 34.2. The molecule has 14 rings (SSSR count). The molecule has 322 valence electrons. The Kier molecular flexibility index (Phi) is 9.26. The van der Waals surface area contributed by atoms with E-state index in [0.717, 1.165) is 44.8 Å². The summed E-state index contributed by atoms with van der Waals surface area (Å²) < 4.78 is 2.57. The van der Waals surface area contributed by atoms with Crippen LogP contribution in [0.4, 0.5) is 0 Å². The van der Waals surface area contributed by atoms with Gasteiger partial charge in [0.15, 0.2) is 5.82 Å². The van der Waals surface area contributed by atoms with Crippen LogP contribution < -0.4 is 0 Å². The van der Waals surface area contributed by atoms with Crippen molar-refractivity contribution in [3.63, 3.8) is 0 Å². The van der Waals surface area contributed by atoms with Crippen LogP contribution in [0.15, 0.2) is 252 Å². The Morgan fingerprint density at radius 1 is 0.304 bits per heavy atom. The number of benzene rings is 10. The Morgan fingerprint density at radius 2 is 0.870 bits per heavy atom. The summed E-state index contributed by atoms with van der Waals surface area (Å²) in [5.41, 5.74) is 19.5. The molecule has 3 heterocycles. The molecule has 0 radical (unpaired) electrons. The fourth-order valence-corrected chi connectivity index (χ4v) is 13.4. The van der Waals surface area contributed by atoms with Crippen molar-refractivity contribution < 1.29 is 0 Å². The first-order valence-electron chi connectivity index (χ1n) is 23.5. The van der Waals surface area contributed by atoms with Crippen molar-refractivity contribution in [2.75, 3.05) is 0 Å². The van der Waals surface area contributed by atoms with Crippen molar-refractivity contribution in [2.24, 2.45) is 0 Å². The van der Waals surface area contributed by atoms with E-state index in [-0.39, 0.29) is 0 Å².